The van der Waals surface area contributed by atoms with Gasteiger partial charge in [-0.25, -0.2) is 9.97 Å². The minimum atomic E-state index is 0.227. The van der Waals surface area contributed by atoms with Gasteiger partial charge in [-0.3, -0.25) is 14.6 Å². The van der Waals surface area contributed by atoms with Crippen LogP contribution >= 0.6 is 11.3 Å². The highest BCUT2D eigenvalue weighted by atomic mass is 32.1. The summed E-state index contributed by atoms with van der Waals surface area (Å²) in [5, 5.41) is 1.20. The van der Waals surface area contributed by atoms with Gasteiger partial charge in [0.1, 0.15) is 16.5 Å². The van der Waals surface area contributed by atoms with E-state index < -0.39 is 0 Å². The number of ether oxygens (including phenoxy) is 1. The van der Waals surface area contributed by atoms with Gasteiger partial charge in [0.15, 0.2) is 0 Å². The quantitative estimate of drug-likeness (QED) is 0.627. The van der Waals surface area contributed by atoms with Crippen molar-refractivity contribution in [2.24, 2.45) is 0 Å². The average Bonchev–Trinajstić information content (AvgIpc) is 3.08. The zero-order valence-corrected chi connectivity index (χ0v) is 20.7. The second kappa shape index (κ2) is 10.4. The van der Waals surface area contributed by atoms with Gasteiger partial charge in [0.2, 0.25) is 5.91 Å². The molecule has 32 heavy (non-hydrogen) atoms. The van der Waals surface area contributed by atoms with E-state index in [4.69, 9.17) is 14.7 Å². The number of piperazine rings is 1. The van der Waals surface area contributed by atoms with Crippen LogP contribution in [0.3, 0.4) is 0 Å². The number of thiophene rings is 1. The molecule has 4 rings (SSSR count). The molecule has 2 fully saturated rings. The molecule has 2 saturated heterocycles. The van der Waals surface area contributed by atoms with Crippen LogP contribution < -0.4 is 4.90 Å². The lowest BCUT2D eigenvalue weighted by molar-refractivity contribution is -0.132. The smallest absolute Gasteiger partial charge is 0.236 e. The number of carbonyl (C=O) groups is 1. The lowest BCUT2D eigenvalue weighted by Gasteiger charge is -2.36. The van der Waals surface area contributed by atoms with Crippen LogP contribution in [-0.2, 0) is 16.1 Å². The van der Waals surface area contributed by atoms with Crippen molar-refractivity contribution in [2.75, 3.05) is 77.0 Å². The highest BCUT2D eigenvalue weighted by molar-refractivity contribution is 7.18. The molecule has 1 amide bonds. The van der Waals surface area contributed by atoms with E-state index in [0.29, 0.717) is 6.54 Å². The number of morpholine rings is 1. The van der Waals surface area contributed by atoms with Crippen molar-refractivity contribution in [3.8, 4) is 0 Å². The maximum atomic E-state index is 12.5. The summed E-state index contributed by atoms with van der Waals surface area (Å²) >= 11 is 1.77. The summed E-state index contributed by atoms with van der Waals surface area (Å²) in [4.78, 5) is 33.9. The molecule has 4 heterocycles. The van der Waals surface area contributed by atoms with E-state index >= 15 is 0 Å². The summed E-state index contributed by atoms with van der Waals surface area (Å²) in [6.45, 7) is 18.2. The zero-order chi connectivity index (χ0) is 22.7. The number of nitrogens with zero attached hydrogens (tertiary/aromatic N) is 6. The number of amides is 1. The van der Waals surface area contributed by atoms with Gasteiger partial charge in [0, 0.05) is 57.2 Å². The summed E-state index contributed by atoms with van der Waals surface area (Å²) < 4.78 is 5.49. The fraction of sp³-hybridized carbons (Fsp3) is 0.696. The van der Waals surface area contributed by atoms with Crippen molar-refractivity contribution in [3.63, 3.8) is 0 Å². The first-order chi connectivity index (χ1) is 15.5. The van der Waals surface area contributed by atoms with Crippen LogP contribution in [0, 0.1) is 13.8 Å². The number of fused-ring (bicyclic) bond motifs is 1. The average molecular weight is 461 g/mol. The minimum absolute atomic E-state index is 0.227. The second-order valence-corrected chi connectivity index (χ2v) is 9.85. The Labute approximate surface area is 195 Å². The molecule has 0 N–H and O–H groups in total. The Bertz CT molecular complexity index is 930. The summed E-state index contributed by atoms with van der Waals surface area (Å²) in [5.74, 6) is 2.19. The van der Waals surface area contributed by atoms with Gasteiger partial charge in [0.05, 0.1) is 31.7 Å². The van der Waals surface area contributed by atoms with Gasteiger partial charge in [0.25, 0.3) is 0 Å². The van der Waals surface area contributed by atoms with Gasteiger partial charge in [-0.1, -0.05) is 0 Å². The molecule has 0 aromatic carbocycles. The zero-order valence-electron chi connectivity index (χ0n) is 19.9. The molecule has 8 nitrogen and oxygen atoms in total. The van der Waals surface area contributed by atoms with Crippen molar-refractivity contribution in [1.82, 2.24) is 24.7 Å². The van der Waals surface area contributed by atoms with Gasteiger partial charge >= 0.3 is 0 Å². The highest BCUT2D eigenvalue weighted by Crippen LogP contribution is 2.35. The molecule has 2 aromatic heterocycles. The number of aryl methyl sites for hydroxylation is 2. The fourth-order valence-corrected chi connectivity index (χ4v) is 5.56. The molecular weight excluding hydrogens is 424 g/mol. The van der Waals surface area contributed by atoms with E-state index in [1.54, 1.807) is 11.3 Å². The molecule has 2 aliphatic heterocycles. The Morgan fingerprint density at radius 2 is 1.69 bits per heavy atom. The third-order valence-electron chi connectivity index (χ3n) is 6.67. The molecular formula is C23H36N6O2S. The first-order valence-electron chi connectivity index (χ1n) is 11.8. The number of likely N-dealkylation sites (N-methyl/N-ethyl adjacent to an activating group) is 1. The lowest BCUT2D eigenvalue weighted by atomic mass is 10.2. The van der Waals surface area contributed by atoms with Crippen LogP contribution in [-0.4, -0.2) is 103 Å². The van der Waals surface area contributed by atoms with Gasteiger partial charge in [-0.15, -0.1) is 11.3 Å². The molecule has 0 aliphatic carbocycles. The molecule has 2 aromatic rings. The van der Waals surface area contributed by atoms with E-state index in [0.717, 1.165) is 88.6 Å². The molecule has 0 bridgehead atoms. The molecule has 0 unspecified atom stereocenters. The van der Waals surface area contributed by atoms with Crippen molar-refractivity contribution < 1.29 is 9.53 Å². The second-order valence-electron chi connectivity index (χ2n) is 8.64. The fourth-order valence-electron chi connectivity index (χ4n) is 4.52. The van der Waals surface area contributed by atoms with Crippen molar-refractivity contribution in [3.05, 3.63) is 16.3 Å². The Morgan fingerprint density at radius 3 is 2.34 bits per heavy atom. The summed E-state index contributed by atoms with van der Waals surface area (Å²) in [5.41, 5.74) is 1.29. The Hall–Kier alpha value is -1.81. The van der Waals surface area contributed by atoms with E-state index in [2.05, 4.69) is 28.5 Å². The Balaban J connectivity index is 1.51. The SMILES string of the molecule is CCN(CC)C(=O)CN1CCN(c2nc(CN3CCOCC3)nc3sc(C)c(C)c23)CC1. The van der Waals surface area contributed by atoms with Crippen LogP contribution in [0.25, 0.3) is 10.2 Å². The van der Waals surface area contributed by atoms with Gasteiger partial charge < -0.3 is 14.5 Å². The predicted molar refractivity (Wildman–Crippen MR) is 130 cm³/mol. The first-order valence-corrected chi connectivity index (χ1v) is 12.6. The number of rotatable bonds is 7. The van der Waals surface area contributed by atoms with Crippen LogP contribution in [0.4, 0.5) is 5.82 Å². The largest absolute Gasteiger partial charge is 0.379 e. The van der Waals surface area contributed by atoms with Crippen molar-refractivity contribution in [2.45, 2.75) is 34.2 Å². The molecule has 0 radical (unpaired) electrons. The maximum Gasteiger partial charge on any atom is 0.236 e. The third kappa shape index (κ3) is 5.06. The lowest BCUT2D eigenvalue weighted by Crippen LogP contribution is -2.50. The normalized spacial score (nSPS) is 18.4. The minimum Gasteiger partial charge on any atom is -0.379 e. The van der Waals surface area contributed by atoms with Crippen LogP contribution in [0.2, 0.25) is 0 Å². The molecule has 176 valence electrons. The molecule has 2 aliphatic rings. The summed E-state index contributed by atoms with van der Waals surface area (Å²) in [6, 6.07) is 0. The molecule has 0 saturated carbocycles. The molecule has 0 spiro atoms. The molecule has 9 heteroatoms. The van der Waals surface area contributed by atoms with Crippen LogP contribution in [0.1, 0.15) is 30.1 Å². The third-order valence-corrected chi connectivity index (χ3v) is 7.77. The monoisotopic (exact) mass is 460 g/mol. The van der Waals surface area contributed by atoms with E-state index in [-0.39, 0.29) is 5.91 Å². The summed E-state index contributed by atoms with van der Waals surface area (Å²) in [6.07, 6.45) is 0. The number of carbonyl (C=O) groups excluding carboxylic acids is 1. The van der Waals surface area contributed by atoms with Crippen molar-refractivity contribution >= 4 is 33.3 Å². The standard InChI is InChI=1S/C23H36N6O2S/c1-5-28(6-2)20(30)16-26-7-9-29(10-8-26)22-21-17(3)18(4)32-23(21)25-19(24-22)15-27-11-13-31-14-12-27/h5-16H2,1-4H3. The highest BCUT2D eigenvalue weighted by Gasteiger charge is 2.25. The number of hydrogen-bond donors (Lipinski definition) is 0. The van der Waals surface area contributed by atoms with Crippen LogP contribution in [0.15, 0.2) is 0 Å². The Kier molecular flexibility index (Phi) is 7.60. The van der Waals surface area contributed by atoms with E-state index in [9.17, 15) is 4.79 Å². The first kappa shape index (κ1) is 23.4. The Morgan fingerprint density at radius 1 is 1.00 bits per heavy atom. The predicted octanol–water partition coefficient (Wildman–Crippen LogP) is 2.13. The summed E-state index contributed by atoms with van der Waals surface area (Å²) in [7, 11) is 0. The van der Waals surface area contributed by atoms with Gasteiger partial charge in [-0.2, -0.15) is 0 Å². The maximum absolute atomic E-state index is 12.5. The van der Waals surface area contributed by atoms with Crippen molar-refractivity contribution in [1.29, 1.82) is 0 Å². The van der Waals surface area contributed by atoms with E-state index in [1.165, 1.54) is 15.8 Å². The van der Waals surface area contributed by atoms with Gasteiger partial charge in [-0.05, 0) is 33.3 Å². The van der Waals surface area contributed by atoms with Crippen LogP contribution in [0.5, 0.6) is 0 Å². The number of aromatic nitrogens is 2. The number of hydrogen-bond acceptors (Lipinski definition) is 8. The topological polar surface area (TPSA) is 65.0 Å². The molecule has 0 atom stereocenters. The van der Waals surface area contributed by atoms with E-state index in [1.807, 2.05) is 18.7 Å². The number of anilines is 1.